The van der Waals surface area contributed by atoms with E-state index in [0.29, 0.717) is 0 Å². The number of aromatic nitrogens is 2. The average Bonchev–Trinajstić information content (AvgIpc) is 3.06. The summed E-state index contributed by atoms with van der Waals surface area (Å²) in [6.45, 7) is 4.43. The maximum Gasteiger partial charge on any atom is 0.0522 e. The third-order valence-corrected chi connectivity index (χ3v) is 4.56. The predicted octanol–water partition coefficient (Wildman–Crippen LogP) is 2.45. The minimum absolute atomic E-state index is 0.874. The summed E-state index contributed by atoms with van der Waals surface area (Å²) >= 11 is 0. The van der Waals surface area contributed by atoms with Gasteiger partial charge in [0.1, 0.15) is 0 Å². The number of nitrogens with one attached hydrogen (secondary N) is 2. The fourth-order valence-corrected chi connectivity index (χ4v) is 3.45. The zero-order valence-electron chi connectivity index (χ0n) is 11.2. The monoisotopic (exact) mass is 245 g/mol. The maximum atomic E-state index is 4.06. The molecule has 0 saturated heterocycles. The molecule has 98 valence electrons. The van der Waals surface area contributed by atoms with Crippen LogP contribution in [-0.4, -0.2) is 23.3 Å². The lowest BCUT2D eigenvalue weighted by atomic mass is 9.93. The SMILES string of the molecule is Cc1[nH]ncc1CCCNCC1CC2C=CC1C2. The fourth-order valence-electron chi connectivity index (χ4n) is 3.45. The molecule has 18 heavy (non-hydrogen) atoms. The van der Waals surface area contributed by atoms with Crippen molar-refractivity contribution in [3.63, 3.8) is 0 Å². The number of aromatic amines is 1. The summed E-state index contributed by atoms with van der Waals surface area (Å²) < 4.78 is 0. The van der Waals surface area contributed by atoms with Crippen molar-refractivity contribution in [3.05, 3.63) is 29.6 Å². The number of nitrogens with zero attached hydrogens (tertiary/aromatic N) is 1. The van der Waals surface area contributed by atoms with Gasteiger partial charge in [-0.15, -0.1) is 0 Å². The Morgan fingerprint density at radius 1 is 1.39 bits per heavy atom. The molecule has 3 nitrogen and oxygen atoms in total. The highest BCUT2D eigenvalue weighted by Crippen LogP contribution is 2.42. The van der Waals surface area contributed by atoms with Crippen LogP contribution in [0.4, 0.5) is 0 Å². The van der Waals surface area contributed by atoms with E-state index in [1.807, 2.05) is 6.20 Å². The van der Waals surface area contributed by atoms with E-state index in [0.717, 1.165) is 30.7 Å². The molecule has 2 aliphatic rings. The van der Waals surface area contributed by atoms with Crippen LogP contribution >= 0.6 is 0 Å². The number of hydrogen-bond acceptors (Lipinski definition) is 2. The molecule has 3 rings (SSSR count). The van der Waals surface area contributed by atoms with Gasteiger partial charge in [-0.05, 0) is 69.0 Å². The fraction of sp³-hybridized carbons (Fsp3) is 0.667. The molecule has 1 fully saturated rings. The van der Waals surface area contributed by atoms with Crippen LogP contribution in [0.1, 0.15) is 30.5 Å². The number of rotatable bonds is 6. The van der Waals surface area contributed by atoms with Gasteiger partial charge >= 0.3 is 0 Å². The van der Waals surface area contributed by atoms with E-state index in [1.54, 1.807) is 0 Å². The standard InChI is InChI=1S/C15H23N3/c1-11-14(10-17-18-11)3-2-6-16-9-15-8-12-4-5-13(15)7-12/h4-5,10,12-13,15-16H,2-3,6-9H2,1H3,(H,17,18). The molecule has 3 heteroatoms. The van der Waals surface area contributed by atoms with Gasteiger partial charge in [0.15, 0.2) is 0 Å². The predicted molar refractivity (Wildman–Crippen MR) is 73.4 cm³/mol. The van der Waals surface area contributed by atoms with Gasteiger partial charge in [-0.25, -0.2) is 0 Å². The normalized spacial score (nSPS) is 29.3. The maximum absolute atomic E-state index is 4.06. The van der Waals surface area contributed by atoms with E-state index in [9.17, 15) is 0 Å². The topological polar surface area (TPSA) is 40.7 Å². The Kier molecular flexibility index (Phi) is 3.50. The lowest BCUT2D eigenvalue weighted by Gasteiger charge is -2.18. The Balaban J connectivity index is 1.32. The lowest BCUT2D eigenvalue weighted by molar-refractivity contribution is 0.413. The number of allylic oxidation sites excluding steroid dienone is 2. The van der Waals surface area contributed by atoms with Gasteiger partial charge in [-0.3, -0.25) is 5.10 Å². The molecule has 3 atom stereocenters. The largest absolute Gasteiger partial charge is 0.316 e. The first-order valence-corrected chi connectivity index (χ1v) is 7.21. The lowest BCUT2D eigenvalue weighted by Crippen LogP contribution is -2.26. The Bertz CT molecular complexity index is 421. The van der Waals surface area contributed by atoms with Gasteiger partial charge in [0.25, 0.3) is 0 Å². The van der Waals surface area contributed by atoms with Crippen LogP contribution in [0.25, 0.3) is 0 Å². The molecular formula is C15H23N3. The summed E-state index contributed by atoms with van der Waals surface area (Å²) in [7, 11) is 0. The number of fused-ring (bicyclic) bond motifs is 2. The molecule has 1 aromatic rings. The summed E-state index contributed by atoms with van der Waals surface area (Å²) in [5.41, 5.74) is 2.58. The Hall–Kier alpha value is -1.09. The van der Waals surface area contributed by atoms with E-state index in [1.165, 1.54) is 37.1 Å². The Labute approximate surface area is 109 Å². The van der Waals surface area contributed by atoms with Crippen LogP contribution in [0.15, 0.2) is 18.3 Å². The second-order valence-corrected chi connectivity index (χ2v) is 5.87. The number of aryl methyl sites for hydroxylation is 2. The van der Waals surface area contributed by atoms with Gasteiger partial charge in [0.2, 0.25) is 0 Å². The van der Waals surface area contributed by atoms with E-state index in [2.05, 4.69) is 34.6 Å². The van der Waals surface area contributed by atoms with Crippen molar-refractivity contribution in [2.45, 2.75) is 32.6 Å². The zero-order valence-corrected chi connectivity index (χ0v) is 11.2. The average molecular weight is 245 g/mol. The van der Waals surface area contributed by atoms with Crippen LogP contribution in [0.2, 0.25) is 0 Å². The third kappa shape index (κ3) is 2.51. The van der Waals surface area contributed by atoms with Gasteiger partial charge in [0.05, 0.1) is 6.20 Å². The second kappa shape index (κ2) is 5.27. The molecule has 0 aromatic carbocycles. The minimum Gasteiger partial charge on any atom is -0.316 e. The van der Waals surface area contributed by atoms with Crippen LogP contribution in [0, 0.1) is 24.7 Å². The molecule has 0 radical (unpaired) electrons. The van der Waals surface area contributed by atoms with Crippen molar-refractivity contribution in [1.29, 1.82) is 0 Å². The molecular weight excluding hydrogens is 222 g/mol. The highest BCUT2D eigenvalue weighted by Gasteiger charge is 2.34. The second-order valence-electron chi connectivity index (χ2n) is 5.87. The van der Waals surface area contributed by atoms with Gasteiger partial charge in [0, 0.05) is 5.69 Å². The van der Waals surface area contributed by atoms with Gasteiger partial charge < -0.3 is 5.32 Å². The first-order valence-electron chi connectivity index (χ1n) is 7.21. The smallest absolute Gasteiger partial charge is 0.0522 e. The molecule has 1 heterocycles. The number of H-pyrrole nitrogens is 1. The van der Waals surface area contributed by atoms with Crippen LogP contribution < -0.4 is 5.32 Å². The molecule has 2 bridgehead atoms. The molecule has 1 aromatic heterocycles. The van der Waals surface area contributed by atoms with Crippen molar-refractivity contribution in [3.8, 4) is 0 Å². The molecule has 0 aliphatic heterocycles. The van der Waals surface area contributed by atoms with E-state index in [-0.39, 0.29) is 0 Å². The van der Waals surface area contributed by atoms with E-state index < -0.39 is 0 Å². The van der Waals surface area contributed by atoms with E-state index >= 15 is 0 Å². The van der Waals surface area contributed by atoms with Gasteiger partial charge in [-0.1, -0.05) is 12.2 Å². The highest BCUT2D eigenvalue weighted by atomic mass is 15.1. The summed E-state index contributed by atoms with van der Waals surface area (Å²) in [6.07, 6.45) is 12.0. The molecule has 0 spiro atoms. The van der Waals surface area contributed by atoms with Crippen molar-refractivity contribution in [2.75, 3.05) is 13.1 Å². The molecule has 2 N–H and O–H groups in total. The first-order chi connectivity index (χ1) is 8.83. The number of hydrogen-bond donors (Lipinski definition) is 2. The summed E-state index contributed by atoms with van der Waals surface area (Å²) in [5.74, 6) is 2.67. The van der Waals surface area contributed by atoms with Crippen LogP contribution in [0.5, 0.6) is 0 Å². The summed E-state index contributed by atoms with van der Waals surface area (Å²) in [6, 6.07) is 0. The van der Waals surface area contributed by atoms with Crippen LogP contribution in [-0.2, 0) is 6.42 Å². The highest BCUT2D eigenvalue weighted by molar-refractivity contribution is 5.14. The van der Waals surface area contributed by atoms with Crippen molar-refractivity contribution in [1.82, 2.24) is 15.5 Å². The summed E-state index contributed by atoms with van der Waals surface area (Å²) in [5, 5.41) is 10.7. The Morgan fingerprint density at radius 2 is 2.33 bits per heavy atom. The Morgan fingerprint density at radius 3 is 3.00 bits per heavy atom. The zero-order chi connectivity index (χ0) is 12.4. The summed E-state index contributed by atoms with van der Waals surface area (Å²) in [4.78, 5) is 0. The van der Waals surface area contributed by atoms with Gasteiger partial charge in [-0.2, -0.15) is 5.10 Å². The minimum atomic E-state index is 0.874. The molecule has 2 aliphatic carbocycles. The van der Waals surface area contributed by atoms with Crippen molar-refractivity contribution < 1.29 is 0 Å². The molecule has 1 saturated carbocycles. The van der Waals surface area contributed by atoms with Crippen molar-refractivity contribution in [2.24, 2.45) is 17.8 Å². The van der Waals surface area contributed by atoms with Crippen LogP contribution in [0.3, 0.4) is 0 Å². The van der Waals surface area contributed by atoms with E-state index in [4.69, 9.17) is 0 Å². The quantitative estimate of drug-likeness (QED) is 0.597. The first kappa shape index (κ1) is 12.0. The molecule has 3 unspecified atom stereocenters. The molecule has 0 amide bonds. The van der Waals surface area contributed by atoms with Crippen molar-refractivity contribution >= 4 is 0 Å². The third-order valence-electron chi connectivity index (χ3n) is 4.56.